The van der Waals surface area contributed by atoms with E-state index in [9.17, 15) is 5.11 Å². The van der Waals surface area contributed by atoms with Crippen molar-refractivity contribution in [2.75, 3.05) is 0 Å². The van der Waals surface area contributed by atoms with Gasteiger partial charge < -0.3 is 5.11 Å². The highest BCUT2D eigenvalue weighted by molar-refractivity contribution is 9.11. The highest BCUT2D eigenvalue weighted by atomic mass is 79.9. The average Bonchev–Trinajstić information content (AvgIpc) is 2.64. The van der Waals surface area contributed by atoms with Gasteiger partial charge in [0, 0.05) is 17.5 Å². The Morgan fingerprint density at radius 2 is 2.25 bits per heavy atom. The molecule has 0 aliphatic heterocycles. The zero-order valence-electron chi connectivity index (χ0n) is 8.72. The lowest BCUT2D eigenvalue weighted by atomic mass is 10.1. The van der Waals surface area contributed by atoms with E-state index in [-0.39, 0.29) is 0 Å². The largest absolute Gasteiger partial charge is 0.386 e. The quantitative estimate of drug-likeness (QED) is 0.948. The number of aliphatic hydroxyl groups excluding tert-OH is 1. The molecule has 5 heteroatoms. The summed E-state index contributed by atoms with van der Waals surface area (Å²) in [6, 6.07) is 5.74. The van der Waals surface area contributed by atoms with Crippen LogP contribution in [0.3, 0.4) is 0 Å². The molecule has 1 N–H and O–H groups in total. The average molecular weight is 299 g/mol. The number of halogens is 1. The number of hydrogen-bond donors (Lipinski definition) is 1. The maximum atomic E-state index is 10.0. The molecule has 0 aliphatic carbocycles. The van der Waals surface area contributed by atoms with Crippen molar-refractivity contribution in [3.05, 3.63) is 44.6 Å². The third kappa shape index (κ3) is 2.87. The lowest BCUT2D eigenvalue weighted by Gasteiger charge is -2.08. The summed E-state index contributed by atoms with van der Waals surface area (Å²) < 4.78 is 1.08. The molecule has 0 aromatic carbocycles. The van der Waals surface area contributed by atoms with Crippen molar-refractivity contribution < 1.29 is 5.11 Å². The monoisotopic (exact) mass is 298 g/mol. The summed E-state index contributed by atoms with van der Waals surface area (Å²) in [7, 11) is 0. The molecule has 1 unspecified atom stereocenters. The van der Waals surface area contributed by atoms with Crippen LogP contribution in [0, 0.1) is 6.92 Å². The second-order valence-corrected chi connectivity index (χ2v) is 6.00. The van der Waals surface area contributed by atoms with E-state index in [0.717, 1.165) is 8.66 Å². The molecule has 2 heterocycles. The summed E-state index contributed by atoms with van der Waals surface area (Å²) in [5.41, 5.74) is 0.678. The smallest absolute Gasteiger partial charge is 0.125 e. The van der Waals surface area contributed by atoms with Gasteiger partial charge in [-0.15, -0.1) is 11.3 Å². The van der Waals surface area contributed by atoms with Crippen LogP contribution < -0.4 is 0 Å². The summed E-state index contributed by atoms with van der Waals surface area (Å²) in [4.78, 5) is 9.35. The second kappa shape index (κ2) is 5.03. The lowest BCUT2D eigenvalue weighted by Crippen LogP contribution is -2.04. The molecule has 0 radical (unpaired) electrons. The standard InChI is InChI=1S/C11H11BrN2OS/c1-7-13-5-4-9(14-7)10(15)6-8-2-3-11(12)16-8/h2-5,10,15H,6H2,1H3. The fourth-order valence-electron chi connectivity index (χ4n) is 1.42. The second-order valence-electron chi connectivity index (χ2n) is 3.45. The summed E-state index contributed by atoms with van der Waals surface area (Å²) in [5, 5.41) is 10.0. The van der Waals surface area contributed by atoms with Gasteiger partial charge in [-0.05, 0) is 41.1 Å². The number of thiophene rings is 1. The van der Waals surface area contributed by atoms with Gasteiger partial charge in [-0.1, -0.05) is 0 Å². The molecular weight excluding hydrogens is 288 g/mol. The Morgan fingerprint density at radius 3 is 2.88 bits per heavy atom. The molecule has 0 saturated heterocycles. The normalized spacial score (nSPS) is 12.7. The Hall–Kier alpha value is -0.780. The van der Waals surface area contributed by atoms with E-state index in [1.807, 2.05) is 19.1 Å². The predicted octanol–water partition coefficient (Wildman–Crippen LogP) is 2.89. The molecule has 0 aliphatic rings. The first kappa shape index (κ1) is 11.7. The molecule has 0 fully saturated rings. The third-order valence-electron chi connectivity index (χ3n) is 2.16. The van der Waals surface area contributed by atoms with Crippen LogP contribution in [0.25, 0.3) is 0 Å². The Kier molecular flexibility index (Phi) is 3.68. The zero-order valence-corrected chi connectivity index (χ0v) is 11.1. The SMILES string of the molecule is Cc1nccc(C(O)Cc2ccc(Br)s2)n1. The van der Waals surface area contributed by atoms with Crippen LogP contribution in [0.4, 0.5) is 0 Å². The zero-order chi connectivity index (χ0) is 11.5. The van der Waals surface area contributed by atoms with Crippen molar-refractivity contribution in [1.82, 2.24) is 9.97 Å². The van der Waals surface area contributed by atoms with Gasteiger partial charge in [0.15, 0.2) is 0 Å². The van der Waals surface area contributed by atoms with Crippen molar-refractivity contribution in [2.24, 2.45) is 0 Å². The molecule has 2 aromatic heterocycles. The number of aromatic nitrogens is 2. The molecule has 3 nitrogen and oxygen atoms in total. The van der Waals surface area contributed by atoms with Crippen LogP contribution in [0.1, 0.15) is 22.5 Å². The first-order valence-corrected chi connectivity index (χ1v) is 6.48. The maximum Gasteiger partial charge on any atom is 0.125 e. The Labute approximate surface area is 106 Å². The maximum absolute atomic E-state index is 10.0. The van der Waals surface area contributed by atoms with Crippen molar-refractivity contribution in [1.29, 1.82) is 0 Å². The minimum Gasteiger partial charge on any atom is -0.386 e. The van der Waals surface area contributed by atoms with Crippen LogP contribution >= 0.6 is 27.3 Å². The van der Waals surface area contributed by atoms with E-state index >= 15 is 0 Å². The van der Waals surface area contributed by atoms with E-state index in [1.165, 1.54) is 0 Å². The van der Waals surface area contributed by atoms with Gasteiger partial charge in [0.1, 0.15) is 11.9 Å². The van der Waals surface area contributed by atoms with Gasteiger partial charge in [0.2, 0.25) is 0 Å². The van der Waals surface area contributed by atoms with Crippen LogP contribution in [-0.2, 0) is 6.42 Å². The van der Waals surface area contributed by atoms with Crippen molar-refractivity contribution in [3.63, 3.8) is 0 Å². The van der Waals surface area contributed by atoms with Gasteiger partial charge in [-0.25, -0.2) is 9.97 Å². The minimum atomic E-state index is -0.563. The Morgan fingerprint density at radius 1 is 1.44 bits per heavy atom. The van der Waals surface area contributed by atoms with Crippen LogP contribution in [0.2, 0.25) is 0 Å². The first-order valence-electron chi connectivity index (χ1n) is 4.87. The summed E-state index contributed by atoms with van der Waals surface area (Å²) in [6.45, 7) is 1.82. The van der Waals surface area contributed by atoms with E-state index in [2.05, 4.69) is 25.9 Å². The molecule has 0 amide bonds. The summed E-state index contributed by atoms with van der Waals surface area (Å²) in [6.07, 6.45) is 1.70. The fraction of sp³-hybridized carbons (Fsp3) is 0.273. The summed E-state index contributed by atoms with van der Waals surface area (Å²) >= 11 is 5.03. The van der Waals surface area contributed by atoms with Crippen LogP contribution in [-0.4, -0.2) is 15.1 Å². The highest BCUT2D eigenvalue weighted by Crippen LogP contribution is 2.26. The van der Waals surface area contributed by atoms with Crippen molar-refractivity contribution in [2.45, 2.75) is 19.4 Å². The minimum absolute atomic E-state index is 0.563. The highest BCUT2D eigenvalue weighted by Gasteiger charge is 2.11. The number of hydrogen-bond acceptors (Lipinski definition) is 4. The van der Waals surface area contributed by atoms with Gasteiger partial charge in [0.05, 0.1) is 9.48 Å². The molecule has 2 aromatic rings. The van der Waals surface area contributed by atoms with Gasteiger partial charge in [-0.2, -0.15) is 0 Å². The molecule has 16 heavy (non-hydrogen) atoms. The molecule has 2 rings (SSSR count). The van der Waals surface area contributed by atoms with Crippen LogP contribution in [0.5, 0.6) is 0 Å². The number of aliphatic hydroxyl groups is 1. The Balaban J connectivity index is 2.11. The fourth-order valence-corrected chi connectivity index (χ4v) is 2.94. The number of rotatable bonds is 3. The van der Waals surface area contributed by atoms with Gasteiger partial charge in [0.25, 0.3) is 0 Å². The lowest BCUT2D eigenvalue weighted by molar-refractivity contribution is 0.174. The van der Waals surface area contributed by atoms with Crippen molar-refractivity contribution >= 4 is 27.3 Å². The van der Waals surface area contributed by atoms with E-state index in [4.69, 9.17) is 0 Å². The molecule has 0 saturated carbocycles. The van der Waals surface area contributed by atoms with Gasteiger partial charge >= 0.3 is 0 Å². The van der Waals surface area contributed by atoms with Crippen molar-refractivity contribution in [3.8, 4) is 0 Å². The molecule has 0 bridgehead atoms. The number of aryl methyl sites for hydroxylation is 1. The molecule has 84 valence electrons. The third-order valence-corrected chi connectivity index (χ3v) is 3.81. The molecule has 1 atom stereocenters. The first-order chi connectivity index (χ1) is 7.65. The molecular formula is C11H11BrN2OS. The van der Waals surface area contributed by atoms with E-state index in [0.29, 0.717) is 17.9 Å². The van der Waals surface area contributed by atoms with Gasteiger partial charge in [-0.3, -0.25) is 0 Å². The predicted molar refractivity (Wildman–Crippen MR) is 67.5 cm³/mol. The van der Waals surface area contributed by atoms with Crippen LogP contribution in [0.15, 0.2) is 28.2 Å². The summed E-state index contributed by atoms with van der Waals surface area (Å²) in [5.74, 6) is 0.684. The Bertz CT molecular complexity index is 486. The number of nitrogens with zero attached hydrogens (tertiary/aromatic N) is 2. The molecule has 0 spiro atoms. The topological polar surface area (TPSA) is 46.0 Å². The van der Waals surface area contributed by atoms with E-state index in [1.54, 1.807) is 23.6 Å². The van der Waals surface area contributed by atoms with E-state index < -0.39 is 6.10 Å².